The molecule has 1 atom stereocenters. The van der Waals surface area contributed by atoms with Gasteiger partial charge in [-0.1, -0.05) is 6.42 Å². The quantitative estimate of drug-likeness (QED) is 0.544. The van der Waals surface area contributed by atoms with Crippen LogP contribution >= 0.6 is 0 Å². The van der Waals surface area contributed by atoms with Crippen LogP contribution in [0, 0.1) is 0 Å². The lowest BCUT2D eigenvalue weighted by Crippen LogP contribution is -2.35. The molecule has 1 aliphatic heterocycles. The summed E-state index contributed by atoms with van der Waals surface area (Å²) in [4.78, 5) is 10.8. The molecule has 0 aliphatic carbocycles. The normalized spacial score (nSPS) is 27.3. The summed E-state index contributed by atoms with van der Waals surface area (Å²) in [5.41, 5.74) is 0. The first-order chi connectivity index (χ1) is 4.83. The topological polar surface area (TPSA) is 49.3 Å². The second-order valence-corrected chi connectivity index (χ2v) is 2.69. The van der Waals surface area contributed by atoms with Crippen LogP contribution < -0.4 is 5.32 Å². The first kappa shape index (κ1) is 7.54. The van der Waals surface area contributed by atoms with Crippen LogP contribution in [0.3, 0.4) is 0 Å². The van der Waals surface area contributed by atoms with Gasteiger partial charge < -0.3 is 10.4 Å². The number of hydrogen-bond donors (Lipinski definition) is 2. The highest BCUT2D eigenvalue weighted by atomic mass is 16.3. The smallest absolute Gasteiger partial charge is 0.220 e. The summed E-state index contributed by atoms with van der Waals surface area (Å²) in [6, 6.07) is 0.00926. The van der Waals surface area contributed by atoms with Crippen molar-refractivity contribution in [2.24, 2.45) is 0 Å². The first-order valence-electron chi connectivity index (χ1n) is 3.73. The maximum atomic E-state index is 10.8. The van der Waals surface area contributed by atoms with E-state index < -0.39 is 0 Å². The van der Waals surface area contributed by atoms with E-state index in [0.29, 0.717) is 6.42 Å². The summed E-state index contributed by atoms with van der Waals surface area (Å²) in [7, 11) is 0. The van der Waals surface area contributed by atoms with Crippen LogP contribution in [-0.4, -0.2) is 23.7 Å². The van der Waals surface area contributed by atoms with Crippen molar-refractivity contribution in [2.45, 2.75) is 31.7 Å². The fourth-order valence-corrected chi connectivity index (χ4v) is 1.19. The number of hydrogen-bond acceptors (Lipinski definition) is 2. The maximum absolute atomic E-state index is 10.8. The lowest BCUT2D eigenvalue weighted by Gasteiger charge is -2.10. The summed E-state index contributed by atoms with van der Waals surface area (Å²) in [6.07, 6.45) is 3.55. The number of nitrogens with one attached hydrogen (secondary N) is 1. The molecule has 0 aromatic carbocycles. The molecule has 3 nitrogen and oxygen atoms in total. The van der Waals surface area contributed by atoms with Crippen LogP contribution in [0.4, 0.5) is 0 Å². The standard InChI is InChI=1S/C7H13NO2/c9-5-6-3-1-2-4-7(10)8-6/h6,9H,1-5H2,(H,8,10). The molecule has 0 aromatic heterocycles. The van der Waals surface area contributed by atoms with Crippen molar-refractivity contribution in [1.82, 2.24) is 5.32 Å². The third kappa shape index (κ3) is 1.99. The molecule has 1 aliphatic rings. The number of rotatable bonds is 1. The van der Waals surface area contributed by atoms with E-state index in [1.807, 2.05) is 0 Å². The van der Waals surface area contributed by atoms with Crippen LogP contribution in [-0.2, 0) is 4.79 Å². The minimum Gasteiger partial charge on any atom is -0.394 e. The van der Waals surface area contributed by atoms with E-state index in [-0.39, 0.29) is 18.6 Å². The SMILES string of the molecule is O=C1CCCCC(CO)N1. The molecule has 1 fully saturated rings. The van der Waals surface area contributed by atoms with E-state index in [4.69, 9.17) is 5.11 Å². The molecule has 0 saturated carbocycles. The van der Waals surface area contributed by atoms with Crippen molar-refractivity contribution in [3.05, 3.63) is 0 Å². The van der Waals surface area contributed by atoms with E-state index in [1.54, 1.807) is 0 Å². The third-order valence-electron chi connectivity index (χ3n) is 1.79. The van der Waals surface area contributed by atoms with Gasteiger partial charge in [0.05, 0.1) is 12.6 Å². The Morgan fingerprint density at radius 3 is 3.10 bits per heavy atom. The lowest BCUT2D eigenvalue weighted by atomic mass is 10.1. The Hall–Kier alpha value is -0.570. The average Bonchev–Trinajstić information content (AvgIpc) is 2.13. The largest absolute Gasteiger partial charge is 0.394 e. The highest BCUT2D eigenvalue weighted by Crippen LogP contribution is 2.08. The molecule has 1 amide bonds. The van der Waals surface area contributed by atoms with Crippen LogP contribution in [0.2, 0.25) is 0 Å². The maximum Gasteiger partial charge on any atom is 0.220 e. The van der Waals surface area contributed by atoms with Crippen LogP contribution in [0.1, 0.15) is 25.7 Å². The van der Waals surface area contributed by atoms with E-state index in [1.165, 1.54) is 0 Å². The fraction of sp³-hybridized carbons (Fsp3) is 0.857. The molecule has 58 valence electrons. The minimum absolute atomic E-state index is 0.00926. The van der Waals surface area contributed by atoms with Gasteiger partial charge in [0.2, 0.25) is 5.91 Å². The van der Waals surface area contributed by atoms with Crippen LogP contribution in [0.25, 0.3) is 0 Å². The van der Waals surface area contributed by atoms with Gasteiger partial charge in [-0.25, -0.2) is 0 Å². The Kier molecular flexibility index (Phi) is 2.68. The monoisotopic (exact) mass is 143 g/mol. The molecule has 3 heteroatoms. The number of carbonyl (C=O) groups excluding carboxylic acids is 1. The second-order valence-electron chi connectivity index (χ2n) is 2.69. The van der Waals surface area contributed by atoms with Crippen molar-refractivity contribution in [2.75, 3.05) is 6.61 Å². The fourth-order valence-electron chi connectivity index (χ4n) is 1.19. The minimum atomic E-state index is 0.00926. The zero-order chi connectivity index (χ0) is 7.40. The Balaban J connectivity index is 2.38. The Morgan fingerprint density at radius 1 is 1.60 bits per heavy atom. The zero-order valence-electron chi connectivity index (χ0n) is 5.97. The molecule has 0 aromatic rings. The summed E-state index contributed by atoms with van der Waals surface area (Å²) in [5, 5.41) is 11.5. The van der Waals surface area contributed by atoms with Gasteiger partial charge in [0, 0.05) is 6.42 Å². The molecule has 1 heterocycles. The van der Waals surface area contributed by atoms with Gasteiger partial charge in [-0.05, 0) is 12.8 Å². The summed E-state index contributed by atoms with van der Waals surface area (Å²) in [5.74, 6) is 0.0801. The number of aliphatic hydroxyl groups excluding tert-OH is 1. The van der Waals surface area contributed by atoms with Gasteiger partial charge in [0.1, 0.15) is 0 Å². The van der Waals surface area contributed by atoms with E-state index in [9.17, 15) is 4.79 Å². The zero-order valence-corrected chi connectivity index (χ0v) is 5.97. The lowest BCUT2D eigenvalue weighted by molar-refractivity contribution is -0.121. The van der Waals surface area contributed by atoms with Gasteiger partial charge in [0.15, 0.2) is 0 Å². The Morgan fingerprint density at radius 2 is 2.40 bits per heavy atom. The summed E-state index contributed by atoms with van der Waals surface area (Å²) < 4.78 is 0. The predicted molar refractivity (Wildman–Crippen MR) is 37.5 cm³/mol. The highest BCUT2D eigenvalue weighted by molar-refractivity contribution is 5.76. The predicted octanol–water partition coefficient (Wildman–Crippen LogP) is 0.0375. The first-order valence-corrected chi connectivity index (χ1v) is 3.73. The van der Waals surface area contributed by atoms with Crippen LogP contribution in [0.15, 0.2) is 0 Å². The molecule has 0 spiro atoms. The van der Waals surface area contributed by atoms with E-state index >= 15 is 0 Å². The summed E-state index contributed by atoms with van der Waals surface area (Å²) in [6.45, 7) is 0.0751. The average molecular weight is 143 g/mol. The van der Waals surface area contributed by atoms with Gasteiger partial charge in [0.25, 0.3) is 0 Å². The van der Waals surface area contributed by atoms with Crippen LogP contribution in [0.5, 0.6) is 0 Å². The molecule has 10 heavy (non-hydrogen) atoms. The van der Waals surface area contributed by atoms with Crippen molar-refractivity contribution in [3.63, 3.8) is 0 Å². The van der Waals surface area contributed by atoms with Gasteiger partial charge in [-0.3, -0.25) is 4.79 Å². The number of carbonyl (C=O) groups is 1. The molecular formula is C7H13NO2. The van der Waals surface area contributed by atoms with Gasteiger partial charge in [-0.2, -0.15) is 0 Å². The second kappa shape index (κ2) is 3.56. The third-order valence-corrected chi connectivity index (χ3v) is 1.79. The van der Waals surface area contributed by atoms with E-state index in [2.05, 4.69) is 5.32 Å². The molecule has 1 unspecified atom stereocenters. The van der Waals surface area contributed by atoms with E-state index in [0.717, 1.165) is 19.3 Å². The molecule has 0 radical (unpaired) electrons. The molecule has 1 rings (SSSR count). The number of amides is 1. The van der Waals surface area contributed by atoms with Gasteiger partial charge >= 0.3 is 0 Å². The van der Waals surface area contributed by atoms with Crippen molar-refractivity contribution >= 4 is 5.91 Å². The van der Waals surface area contributed by atoms with Crippen molar-refractivity contribution in [3.8, 4) is 0 Å². The van der Waals surface area contributed by atoms with Crippen molar-refractivity contribution < 1.29 is 9.90 Å². The Bertz CT molecular complexity index is 125. The molecule has 0 bridgehead atoms. The molecular weight excluding hydrogens is 130 g/mol. The molecule has 1 saturated heterocycles. The highest BCUT2D eigenvalue weighted by Gasteiger charge is 2.14. The number of aliphatic hydroxyl groups is 1. The summed E-state index contributed by atoms with van der Waals surface area (Å²) >= 11 is 0. The molecule has 2 N–H and O–H groups in total. The van der Waals surface area contributed by atoms with Crippen molar-refractivity contribution in [1.29, 1.82) is 0 Å². The van der Waals surface area contributed by atoms with Gasteiger partial charge in [-0.15, -0.1) is 0 Å². The Labute approximate surface area is 60.4 Å².